The molecule has 0 unspecified atom stereocenters. The Morgan fingerprint density at radius 2 is 1.96 bits per heavy atom. The largest absolute Gasteiger partial charge is 0.454 e. The number of fused-ring (bicyclic) bond motifs is 1. The van der Waals surface area contributed by atoms with Crippen molar-refractivity contribution in [2.24, 2.45) is 5.73 Å². The lowest BCUT2D eigenvalue weighted by Crippen LogP contribution is -2.27. The number of hydrogen-bond acceptors (Lipinski definition) is 4. The van der Waals surface area contributed by atoms with Gasteiger partial charge in [0, 0.05) is 16.7 Å². The van der Waals surface area contributed by atoms with Crippen LogP contribution in [0.2, 0.25) is 0 Å². The van der Waals surface area contributed by atoms with Gasteiger partial charge in [-0.05, 0) is 54.3 Å². The van der Waals surface area contributed by atoms with E-state index in [2.05, 4.69) is 21.2 Å². The number of nitrogens with one attached hydrogen (secondary N) is 1. The summed E-state index contributed by atoms with van der Waals surface area (Å²) >= 11 is 3.46. The number of ether oxygens (including phenoxy) is 2. The van der Waals surface area contributed by atoms with Crippen LogP contribution >= 0.6 is 15.9 Å². The third-order valence-corrected chi connectivity index (χ3v) is 5.41. The zero-order valence-corrected chi connectivity index (χ0v) is 14.6. The van der Waals surface area contributed by atoms with Crippen LogP contribution in [0.1, 0.15) is 24.0 Å². The fourth-order valence-electron chi connectivity index (χ4n) is 3.03. The molecular weight excluding hydrogens is 372 g/mol. The lowest BCUT2D eigenvalue weighted by molar-refractivity contribution is -0.118. The molecule has 124 valence electrons. The van der Waals surface area contributed by atoms with Crippen LogP contribution in [0.5, 0.6) is 11.5 Å². The van der Waals surface area contributed by atoms with Crippen molar-refractivity contribution in [3.05, 3.63) is 52.0 Å². The van der Waals surface area contributed by atoms with Crippen molar-refractivity contribution in [3.63, 3.8) is 0 Å². The molecule has 0 spiro atoms. The second kappa shape index (κ2) is 5.79. The van der Waals surface area contributed by atoms with Crippen LogP contribution in [0.3, 0.4) is 0 Å². The van der Waals surface area contributed by atoms with Gasteiger partial charge in [-0.25, -0.2) is 0 Å². The van der Waals surface area contributed by atoms with Gasteiger partial charge in [0.25, 0.3) is 0 Å². The maximum Gasteiger partial charge on any atom is 0.235 e. The number of hydrogen-bond donors (Lipinski definition) is 2. The summed E-state index contributed by atoms with van der Waals surface area (Å²) in [6.45, 7) is 0.649. The molecule has 0 aromatic heterocycles. The van der Waals surface area contributed by atoms with Gasteiger partial charge in [-0.15, -0.1) is 0 Å². The molecule has 3 N–H and O–H groups in total. The monoisotopic (exact) mass is 388 g/mol. The Morgan fingerprint density at radius 1 is 1.17 bits per heavy atom. The quantitative estimate of drug-likeness (QED) is 0.842. The van der Waals surface area contributed by atoms with Gasteiger partial charge < -0.3 is 20.5 Å². The van der Waals surface area contributed by atoms with Gasteiger partial charge in [0.1, 0.15) is 0 Å². The fourth-order valence-corrected chi connectivity index (χ4v) is 3.43. The van der Waals surface area contributed by atoms with Crippen molar-refractivity contribution in [2.75, 3.05) is 12.1 Å². The number of halogens is 1. The molecule has 4 rings (SSSR count). The van der Waals surface area contributed by atoms with Crippen LogP contribution in [0.4, 0.5) is 5.69 Å². The van der Waals surface area contributed by atoms with Gasteiger partial charge in [0.2, 0.25) is 12.7 Å². The molecule has 6 heteroatoms. The predicted molar refractivity (Wildman–Crippen MR) is 94.1 cm³/mol. The standard InChI is InChI=1S/C18H17BrN2O3/c19-14-3-2-13(7-11(14)9-20)21-17(22)18(5-6-18)12-1-4-15-16(8-12)24-10-23-15/h1-4,7-8H,5-6,9-10,20H2,(H,21,22). The Morgan fingerprint density at radius 3 is 2.71 bits per heavy atom. The maximum atomic E-state index is 12.9. The Kier molecular flexibility index (Phi) is 3.73. The molecule has 1 saturated carbocycles. The molecule has 1 aliphatic carbocycles. The van der Waals surface area contributed by atoms with E-state index in [-0.39, 0.29) is 12.7 Å². The average molecular weight is 389 g/mol. The second-order valence-electron chi connectivity index (χ2n) is 6.11. The molecule has 0 saturated heterocycles. The summed E-state index contributed by atoms with van der Waals surface area (Å²) < 4.78 is 11.7. The van der Waals surface area contributed by atoms with Crippen LogP contribution in [0.25, 0.3) is 0 Å². The number of carbonyl (C=O) groups excluding carboxylic acids is 1. The molecular formula is C18H17BrN2O3. The molecule has 1 heterocycles. The first-order chi connectivity index (χ1) is 11.6. The van der Waals surface area contributed by atoms with E-state index < -0.39 is 5.41 Å². The molecule has 1 aliphatic heterocycles. The van der Waals surface area contributed by atoms with Gasteiger partial charge in [-0.2, -0.15) is 0 Å². The van der Waals surface area contributed by atoms with E-state index in [0.717, 1.165) is 39.9 Å². The third kappa shape index (κ3) is 2.56. The molecule has 0 radical (unpaired) electrons. The Balaban J connectivity index is 1.58. The second-order valence-corrected chi connectivity index (χ2v) is 6.97. The summed E-state index contributed by atoms with van der Waals surface area (Å²) in [5.74, 6) is 1.45. The van der Waals surface area contributed by atoms with E-state index in [9.17, 15) is 4.79 Å². The molecule has 2 aromatic carbocycles. The predicted octanol–water partition coefficient (Wildman–Crippen LogP) is 3.31. The van der Waals surface area contributed by atoms with Crippen molar-refractivity contribution < 1.29 is 14.3 Å². The number of anilines is 1. The van der Waals surface area contributed by atoms with Crippen LogP contribution in [-0.4, -0.2) is 12.7 Å². The molecule has 0 bridgehead atoms. The lowest BCUT2D eigenvalue weighted by Gasteiger charge is -2.17. The number of benzene rings is 2. The van der Waals surface area contributed by atoms with Crippen LogP contribution < -0.4 is 20.5 Å². The van der Waals surface area contributed by atoms with Crippen LogP contribution in [-0.2, 0) is 16.8 Å². The third-order valence-electron chi connectivity index (χ3n) is 4.63. The summed E-state index contributed by atoms with van der Waals surface area (Å²) in [5, 5.41) is 3.03. The van der Waals surface area contributed by atoms with E-state index in [1.165, 1.54) is 0 Å². The molecule has 5 nitrogen and oxygen atoms in total. The van der Waals surface area contributed by atoms with Gasteiger partial charge in [0.05, 0.1) is 5.41 Å². The van der Waals surface area contributed by atoms with Crippen molar-refractivity contribution >= 4 is 27.5 Å². The molecule has 1 fully saturated rings. The average Bonchev–Trinajstić information content (AvgIpc) is 3.28. The highest BCUT2D eigenvalue weighted by Crippen LogP contribution is 2.51. The fraction of sp³-hybridized carbons (Fsp3) is 0.278. The van der Waals surface area contributed by atoms with Gasteiger partial charge in [0.15, 0.2) is 11.5 Å². The van der Waals surface area contributed by atoms with E-state index in [1.54, 1.807) is 0 Å². The van der Waals surface area contributed by atoms with Crippen molar-refractivity contribution in [1.82, 2.24) is 0 Å². The van der Waals surface area contributed by atoms with Gasteiger partial charge >= 0.3 is 0 Å². The van der Waals surface area contributed by atoms with Crippen molar-refractivity contribution in [1.29, 1.82) is 0 Å². The summed E-state index contributed by atoms with van der Waals surface area (Å²) in [6.07, 6.45) is 1.66. The number of rotatable bonds is 4. The van der Waals surface area contributed by atoms with E-state index in [0.29, 0.717) is 12.3 Å². The first kappa shape index (κ1) is 15.5. The summed E-state index contributed by atoms with van der Waals surface area (Å²) in [4.78, 5) is 12.9. The SMILES string of the molecule is NCc1cc(NC(=O)C2(c3ccc4c(c3)OCO4)CC2)ccc1Br. The Hall–Kier alpha value is -2.05. The summed E-state index contributed by atoms with van der Waals surface area (Å²) in [5.41, 5.74) is 7.94. The number of carbonyl (C=O) groups is 1. The van der Waals surface area contributed by atoms with Crippen molar-refractivity contribution in [3.8, 4) is 11.5 Å². The number of amides is 1. The minimum atomic E-state index is -0.475. The maximum absolute atomic E-state index is 12.9. The highest BCUT2D eigenvalue weighted by atomic mass is 79.9. The van der Waals surface area contributed by atoms with Crippen molar-refractivity contribution in [2.45, 2.75) is 24.8 Å². The number of nitrogens with two attached hydrogens (primary N) is 1. The topological polar surface area (TPSA) is 73.6 Å². The van der Waals surface area contributed by atoms with Crippen LogP contribution in [0, 0.1) is 0 Å². The Bertz CT molecular complexity index is 818. The van der Waals surface area contributed by atoms with Crippen LogP contribution in [0.15, 0.2) is 40.9 Å². The van der Waals surface area contributed by atoms with E-state index in [4.69, 9.17) is 15.2 Å². The minimum absolute atomic E-state index is 0.00617. The highest BCUT2D eigenvalue weighted by Gasteiger charge is 2.51. The molecule has 2 aliphatic rings. The normalized spacial score (nSPS) is 16.8. The van der Waals surface area contributed by atoms with E-state index in [1.807, 2.05) is 36.4 Å². The summed E-state index contributed by atoms with van der Waals surface area (Å²) in [7, 11) is 0. The summed E-state index contributed by atoms with van der Waals surface area (Å²) in [6, 6.07) is 11.4. The van der Waals surface area contributed by atoms with Gasteiger partial charge in [-0.3, -0.25) is 4.79 Å². The zero-order chi connectivity index (χ0) is 16.7. The minimum Gasteiger partial charge on any atom is -0.454 e. The molecule has 2 aromatic rings. The Labute approximate surface area is 148 Å². The first-order valence-electron chi connectivity index (χ1n) is 7.82. The first-order valence-corrected chi connectivity index (χ1v) is 8.62. The van der Waals surface area contributed by atoms with Gasteiger partial charge in [-0.1, -0.05) is 22.0 Å². The molecule has 1 amide bonds. The molecule has 24 heavy (non-hydrogen) atoms. The molecule has 0 atom stereocenters. The lowest BCUT2D eigenvalue weighted by atomic mass is 9.94. The smallest absolute Gasteiger partial charge is 0.235 e. The highest BCUT2D eigenvalue weighted by molar-refractivity contribution is 9.10. The van der Waals surface area contributed by atoms with E-state index >= 15 is 0 Å². The zero-order valence-electron chi connectivity index (χ0n) is 13.0.